The zero-order chi connectivity index (χ0) is 20.2. The summed E-state index contributed by atoms with van der Waals surface area (Å²) < 4.78 is 3.55. The van der Waals surface area contributed by atoms with E-state index in [1.54, 1.807) is 4.57 Å². The predicted molar refractivity (Wildman–Crippen MR) is 122 cm³/mol. The second-order valence-corrected chi connectivity index (χ2v) is 9.67. The zero-order valence-electron chi connectivity index (χ0n) is 16.8. The molecule has 4 rings (SSSR count). The molecule has 0 bridgehead atoms. The number of unbranched alkanes of at least 4 members (excludes halogenated alkanes) is 1. The minimum absolute atomic E-state index is 0.0137. The monoisotopic (exact) mass is 429 g/mol. The molecule has 0 spiro atoms. The van der Waals surface area contributed by atoms with Crippen LogP contribution in [0.25, 0.3) is 20.3 Å². The fourth-order valence-electron chi connectivity index (χ4n) is 3.92. The van der Waals surface area contributed by atoms with Crippen molar-refractivity contribution in [3.05, 3.63) is 34.6 Å². The molecular weight excluding hydrogens is 402 g/mol. The molecule has 1 N–H and O–H groups in total. The van der Waals surface area contributed by atoms with Gasteiger partial charge in [-0.05, 0) is 25.3 Å². The number of aromatic nitrogens is 2. The van der Waals surface area contributed by atoms with E-state index < -0.39 is 0 Å². The highest BCUT2D eigenvalue weighted by atomic mass is 32.2. The first kappa shape index (κ1) is 20.4. The molecule has 29 heavy (non-hydrogen) atoms. The van der Waals surface area contributed by atoms with E-state index in [0.717, 1.165) is 41.3 Å². The minimum Gasteiger partial charge on any atom is -0.353 e. The van der Waals surface area contributed by atoms with Gasteiger partial charge >= 0.3 is 0 Å². The number of fused-ring (bicyclic) bond motifs is 3. The van der Waals surface area contributed by atoms with Gasteiger partial charge in [-0.15, -0.1) is 11.3 Å². The minimum atomic E-state index is 0.0137. The van der Waals surface area contributed by atoms with Crippen LogP contribution in [-0.2, 0) is 11.3 Å². The quantitative estimate of drug-likeness (QED) is 0.426. The van der Waals surface area contributed by atoms with Gasteiger partial charge in [0.05, 0.1) is 11.3 Å². The number of amides is 1. The molecule has 1 aliphatic rings. The second-order valence-electron chi connectivity index (χ2n) is 7.67. The molecule has 2 aromatic heterocycles. The van der Waals surface area contributed by atoms with Crippen molar-refractivity contribution in [3.8, 4) is 0 Å². The van der Waals surface area contributed by atoms with Crippen LogP contribution in [0.3, 0.4) is 0 Å². The lowest BCUT2D eigenvalue weighted by molar-refractivity contribution is -0.119. The van der Waals surface area contributed by atoms with E-state index in [1.807, 2.05) is 24.3 Å². The second kappa shape index (κ2) is 9.30. The Morgan fingerprint density at radius 2 is 2.07 bits per heavy atom. The molecule has 1 aromatic carbocycles. The van der Waals surface area contributed by atoms with Crippen molar-refractivity contribution >= 4 is 49.3 Å². The summed E-state index contributed by atoms with van der Waals surface area (Å²) in [5, 5.41) is 4.82. The largest absolute Gasteiger partial charge is 0.353 e. The van der Waals surface area contributed by atoms with Crippen LogP contribution in [0.1, 0.15) is 51.9 Å². The van der Waals surface area contributed by atoms with E-state index in [4.69, 9.17) is 4.98 Å². The summed E-state index contributed by atoms with van der Waals surface area (Å²) in [6.07, 6.45) is 7.72. The lowest BCUT2D eigenvalue weighted by Crippen LogP contribution is -2.37. The van der Waals surface area contributed by atoms with E-state index in [-0.39, 0.29) is 11.5 Å². The topological polar surface area (TPSA) is 64.0 Å². The molecule has 0 unspecified atom stereocenters. The van der Waals surface area contributed by atoms with Crippen molar-refractivity contribution in [3.63, 3.8) is 0 Å². The molecule has 1 fully saturated rings. The molecule has 1 amide bonds. The molecule has 1 aliphatic carbocycles. The summed E-state index contributed by atoms with van der Waals surface area (Å²) in [6, 6.07) is 8.31. The highest BCUT2D eigenvalue weighted by molar-refractivity contribution is 7.99. The number of rotatable bonds is 7. The molecule has 5 nitrogen and oxygen atoms in total. The highest BCUT2D eigenvalue weighted by Crippen LogP contribution is 2.31. The van der Waals surface area contributed by atoms with Crippen LogP contribution in [0, 0.1) is 0 Å². The fourth-order valence-corrected chi connectivity index (χ4v) is 5.84. The van der Waals surface area contributed by atoms with Crippen LogP contribution in [0.5, 0.6) is 0 Å². The number of nitrogens with one attached hydrogen (secondary N) is 1. The van der Waals surface area contributed by atoms with E-state index in [0.29, 0.717) is 28.2 Å². The Hall–Kier alpha value is -1.86. The Kier molecular flexibility index (Phi) is 6.55. The van der Waals surface area contributed by atoms with Crippen LogP contribution in [0.15, 0.2) is 34.2 Å². The van der Waals surface area contributed by atoms with Crippen molar-refractivity contribution in [2.45, 2.75) is 69.6 Å². The summed E-state index contributed by atoms with van der Waals surface area (Å²) in [4.78, 5) is 30.5. The standard InChI is InChI=1S/C22H27N3O2S2/c1-2-3-13-25-21(27)20-19(16-11-7-8-12-17(16)29-20)24-22(25)28-14-18(26)23-15-9-5-4-6-10-15/h7-8,11-12,15H,2-6,9-10,13-14H2,1H3,(H,23,26). The molecule has 0 aliphatic heterocycles. The normalized spacial score (nSPS) is 15.2. The van der Waals surface area contributed by atoms with Crippen LogP contribution in [0.2, 0.25) is 0 Å². The van der Waals surface area contributed by atoms with Crippen molar-refractivity contribution in [2.75, 3.05) is 5.75 Å². The summed E-state index contributed by atoms with van der Waals surface area (Å²) in [5.74, 6) is 0.330. The fraction of sp³-hybridized carbons (Fsp3) is 0.500. The molecule has 7 heteroatoms. The van der Waals surface area contributed by atoms with Gasteiger partial charge in [-0.2, -0.15) is 0 Å². The van der Waals surface area contributed by atoms with Crippen molar-refractivity contribution < 1.29 is 4.79 Å². The van der Waals surface area contributed by atoms with Gasteiger partial charge in [0.15, 0.2) is 5.16 Å². The Balaban J connectivity index is 1.61. The number of thioether (sulfide) groups is 1. The maximum absolute atomic E-state index is 13.2. The van der Waals surface area contributed by atoms with E-state index >= 15 is 0 Å². The van der Waals surface area contributed by atoms with Crippen LogP contribution < -0.4 is 10.9 Å². The van der Waals surface area contributed by atoms with Gasteiger partial charge in [-0.25, -0.2) is 4.98 Å². The van der Waals surface area contributed by atoms with Gasteiger partial charge < -0.3 is 5.32 Å². The average molecular weight is 430 g/mol. The summed E-state index contributed by atoms with van der Waals surface area (Å²) in [7, 11) is 0. The Morgan fingerprint density at radius 1 is 1.28 bits per heavy atom. The molecule has 154 valence electrons. The van der Waals surface area contributed by atoms with Gasteiger partial charge in [0.25, 0.3) is 5.56 Å². The summed E-state index contributed by atoms with van der Waals surface area (Å²) >= 11 is 2.89. The first-order valence-electron chi connectivity index (χ1n) is 10.5. The van der Waals surface area contributed by atoms with Gasteiger partial charge in [-0.3, -0.25) is 14.2 Å². The van der Waals surface area contributed by atoms with E-state index in [1.165, 1.54) is 42.4 Å². The number of hydrogen-bond acceptors (Lipinski definition) is 5. The first-order chi connectivity index (χ1) is 14.2. The number of carbonyl (C=O) groups is 1. The van der Waals surface area contributed by atoms with Crippen molar-refractivity contribution in [1.82, 2.24) is 14.9 Å². The maximum Gasteiger partial charge on any atom is 0.272 e. The maximum atomic E-state index is 13.2. The molecule has 2 heterocycles. The smallest absolute Gasteiger partial charge is 0.272 e. The summed E-state index contributed by atoms with van der Waals surface area (Å²) in [6.45, 7) is 2.75. The average Bonchev–Trinajstić information content (AvgIpc) is 3.11. The predicted octanol–water partition coefficient (Wildman–Crippen LogP) is 4.95. The Morgan fingerprint density at radius 3 is 2.86 bits per heavy atom. The molecule has 0 saturated heterocycles. The lowest BCUT2D eigenvalue weighted by Gasteiger charge is -2.22. The van der Waals surface area contributed by atoms with Gasteiger partial charge in [-0.1, -0.05) is 62.6 Å². The van der Waals surface area contributed by atoms with Gasteiger partial charge in [0.1, 0.15) is 4.70 Å². The number of benzene rings is 1. The molecule has 0 atom stereocenters. The third-order valence-corrected chi connectivity index (χ3v) is 7.61. The molecule has 3 aromatic rings. The molecular formula is C22H27N3O2S2. The Labute approximate surface area is 178 Å². The number of nitrogens with zero attached hydrogens (tertiary/aromatic N) is 2. The van der Waals surface area contributed by atoms with Crippen LogP contribution in [-0.4, -0.2) is 27.3 Å². The van der Waals surface area contributed by atoms with Crippen molar-refractivity contribution in [1.29, 1.82) is 0 Å². The molecule has 0 radical (unpaired) electrons. The first-order valence-corrected chi connectivity index (χ1v) is 12.3. The number of thiophene rings is 1. The number of hydrogen-bond donors (Lipinski definition) is 1. The highest BCUT2D eigenvalue weighted by Gasteiger charge is 2.19. The van der Waals surface area contributed by atoms with Crippen LogP contribution in [0.4, 0.5) is 0 Å². The van der Waals surface area contributed by atoms with Gasteiger partial charge in [0, 0.05) is 22.7 Å². The third-order valence-electron chi connectivity index (χ3n) is 5.48. The zero-order valence-corrected chi connectivity index (χ0v) is 18.4. The summed E-state index contributed by atoms with van der Waals surface area (Å²) in [5.41, 5.74) is 0.776. The van der Waals surface area contributed by atoms with E-state index in [9.17, 15) is 9.59 Å². The van der Waals surface area contributed by atoms with Crippen molar-refractivity contribution in [2.24, 2.45) is 0 Å². The third kappa shape index (κ3) is 4.51. The number of carbonyl (C=O) groups excluding carboxylic acids is 1. The van der Waals surface area contributed by atoms with Crippen LogP contribution >= 0.6 is 23.1 Å². The van der Waals surface area contributed by atoms with Gasteiger partial charge in [0.2, 0.25) is 5.91 Å². The van der Waals surface area contributed by atoms with E-state index in [2.05, 4.69) is 12.2 Å². The SMILES string of the molecule is CCCCn1c(SCC(=O)NC2CCCCC2)nc2c(sc3ccccc32)c1=O. The lowest BCUT2D eigenvalue weighted by atomic mass is 9.95. The Bertz CT molecular complexity index is 1070. The molecule has 1 saturated carbocycles.